The summed E-state index contributed by atoms with van der Waals surface area (Å²) in [6.45, 7) is 13.5. The lowest BCUT2D eigenvalue weighted by Crippen LogP contribution is -2.65. The van der Waals surface area contributed by atoms with Gasteiger partial charge in [0.25, 0.3) is 0 Å². The maximum Gasteiger partial charge on any atom is 0.222 e. The van der Waals surface area contributed by atoms with Gasteiger partial charge in [0.05, 0.1) is 11.0 Å². The third-order valence-corrected chi connectivity index (χ3v) is 12.3. The van der Waals surface area contributed by atoms with Crippen molar-refractivity contribution in [2.45, 2.75) is 91.9 Å². The van der Waals surface area contributed by atoms with E-state index in [1.165, 1.54) is 6.39 Å². The highest BCUT2D eigenvalue weighted by molar-refractivity contribution is 6.02. The number of carbonyl (C=O) groups excluding carboxylic acids is 2. The van der Waals surface area contributed by atoms with E-state index < -0.39 is 5.41 Å². The molecule has 5 aliphatic carbocycles. The van der Waals surface area contributed by atoms with Crippen molar-refractivity contribution in [3.05, 3.63) is 35.6 Å². The van der Waals surface area contributed by atoms with E-state index in [0.29, 0.717) is 5.89 Å². The molecule has 0 saturated heterocycles. The van der Waals surface area contributed by atoms with E-state index in [9.17, 15) is 14.9 Å². The van der Waals surface area contributed by atoms with Crippen molar-refractivity contribution >= 4 is 11.6 Å². The summed E-state index contributed by atoms with van der Waals surface area (Å²) in [5.74, 6) is 0.778. The van der Waals surface area contributed by atoms with Gasteiger partial charge in [0, 0.05) is 17.3 Å². The fourth-order valence-corrected chi connectivity index (χ4v) is 10.0. The van der Waals surface area contributed by atoms with E-state index >= 15 is 0 Å². The average molecular weight is 502 g/mol. The zero-order valence-electron chi connectivity index (χ0n) is 23.1. The maximum atomic E-state index is 14.4. The molecule has 5 aliphatic rings. The Bertz CT molecular complexity index is 1290. The third-order valence-electron chi connectivity index (χ3n) is 12.3. The molecule has 0 aromatic carbocycles. The van der Waals surface area contributed by atoms with Crippen molar-refractivity contribution in [2.75, 3.05) is 0 Å². The largest absolute Gasteiger partial charge is 0.427 e. The van der Waals surface area contributed by atoms with E-state index in [2.05, 4.69) is 50.9 Å². The lowest BCUT2D eigenvalue weighted by atomic mass is 9.35. The molecule has 1 unspecified atom stereocenters. The Morgan fingerprint density at radius 3 is 2.43 bits per heavy atom. The molecular weight excluding hydrogens is 462 g/mol. The van der Waals surface area contributed by atoms with E-state index in [-0.39, 0.29) is 62.5 Å². The minimum Gasteiger partial charge on any atom is -0.427 e. The second kappa shape index (κ2) is 7.52. The van der Waals surface area contributed by atoms with Gasteiger partial charge in [-0.1, -0.05) is 53.2 Å². The standard InChI is InChI=1S/C31H39N3O3/c1-18-20-7-8-29(5)23(28(20,4)14-19(16-32)25(18)36)13-22(35)24-21-15-27(2,3)9-11-31(21,12-10-30(24,29)6)26-34-33-17-37-26/h13-14,17-18,20-21,24H,7-12,15H2,1-6H3/t18-,20-,21+,24?,28-,29+,30+,31-/m0/s1. The van der Waals surface area contributed by atoms with Crippen LogP contribution in [0.5, 0.6) is 0 Å². The van der Waals surface area contributed by atoms with Crippen LogP contribution < -0.4 is 0 Å². The number of rotatable bonds is 1. The highest BCUT2D eigenvalue weighted by Crippen LogP contribution is 2.73. The predicted octanol–water partition coefficient (Wildman–Crippen LogP) is 6.15. The normalized spacial score (nSPS) is 46.4. The number of hydrogen-bond donors (Lipinski definition) is 0. The van der Waals surface area contributed by atoms with Crippen LogP contribution in [0, 0.1) is 56.7 Å². The molecule has 3 fully saturated rings. The SMILES string of the molecule is C[C@@H]1C(=O)C(C#N)=C[C@]2(C)C3=CC(=O)C4[C@H]5CC(C)(C)CC[C@]5(c5nnco5)CC[C@@]4(C)[C@]3(C)CC[C@@H]12. The molecule has 0 spiro atoms. The van der Waals surface area contributed by atoms with E-state index in [0.717, 1.165) is 50.5 Å². The summed E-state index contributed by atoms with van der Waals surface area (Å²) in [5.41, 5.74) is 0.392. The van der Waals surface area contributed by atoms with Crippen LogP contribution in [0.15, 0.2) is 34.1 Å². The van der Waals surface area contributed by atoms with Crippen molar-refractivity contribution < 1.29 is 14.0 Å². The monoisotopic (exact) mass is 501 g/mol. The van der Waals surface area contributed by atoms with Crippen molar-refractivity contribution in [3.8, 4) is 6.07 Å². The molecule has 0 radical (unpaired) electrons. The number of fused-ring (bicyclic) bond motifs is 7. The van der Waals surface area contributed by atoms with Gasteiger partial charge in [0.2, 0.25) is 12.3 Å². The molecule has 0 N–H and O–H groups in total. The van der Waals surface area contributed by atoms with E-state index in [4.69, 9.17) is 4.42 Å². The number of nitriles is 1. The smallest absolute Gasteiger partial charge is 0.222 e. The van der Waals surface area contributed by atoms with Gasteiger partial charge in [0.15, 0.2) is 11.6 Å². The lowest BCUT2D eigenvalue weighted by molar-refractivity contribution is -0.159. The van der Waals surface area contributed by atoms with Crippen LogP contribution in [0.25, 0.3) is 0 Å². The van der Waals surface area contributed by atoms with Crippen LogP contribution in [0.2, 0.25) is 0 Å². The first kappa shape index (κ1) is 24.8. The van der Waals surface area contributed by atoms with Gasteiger partial charge < -0.3 is 4.42 Å². The molecule has 1 aromatic heterocycles. The van der Waals surface area contributed by atoms with Gasteiger partial charge in [-0.25, -0.2) is 0 Å². The molecule has 0 bridgehead atoms. The topological polar surface area (TPSA) is 96.8 Å². The molecule has 196 valence electrons. The van der Waals surface area contributed by atoms with Crippen molar-refractivity contribution in [1.82, 2.24) is 10.2 Å². The average Bonchev–Trinajstić information content (AvgIpc) is 3.38. The zero-order chi connectivity index (χ0) is 26.6. The Morgan fingerprint density at radius 2 is 1.76 bits per heavy atom. The molecular formula is C31H39N3O3. The van der Waals surface area contributed by atoms with Gasteiger partial charge in [-0.2, -0.15) is 5.26 Å². The summed E-state index contributed by atoms with van der Waals surface area (Å²) in [6.07, 6.45) is 12.0. The van der Waals surface area contributed by atoms with Gasteiger partial charge >= 0.3 is 0 Å². The molecule has 8 atom stereocenters. The third kappa shape index (κ3) is 2.98. The number of allylic oxidation sites excluding steroid dienone is 4. The van der Waals surface area contributed by atoms with Crippen LogP contribution >= 0.6 is 0 Å². The first-order valence-corrected chi connectivity index (χ1v) is 14.0. The summed E-state index contributed by atoms with van der Waals surface area (Å²) < 4.78 is 5.89. The zero-order valence-corrected chi connectivity index (χ0v) is 23.1. The predicted molar refractivity (Wildman–Crippen MR) is 138 cm³/mol. The Hall–Kier alpha value is -2.55. The van der Waals surface area contributed by atoms with Crippen molar-refractivity contribution in [2.24, 2.45) is 45.3 Å². The molecule has 6 rings (SSSR count). The Balaban J connectivity index is 1.53. The van der Waals surface area contributed by atoms with Crippen LogP contribution in [0.4, 0.5) is 0 Å². The molecule has 6 nitrogen and oxygen atoms in total. The van der Waals surface area contributed by atoms with Gasteiger partial charge in [-0.05, 0) is 79.1 Å². The van der Waals surface area contributed by atoms with Crippen molar-refractivity contribution in [3.63, 3.8) is 0 Å². The lowest BCUT2D eigenvalue weighted by Gasteiger charge is -2.68. The van der Waals surface area contributed by atoms with Crippen molar-refractivity contribution in [1.29, 1.82) is 5.26 Å². The Labute approximate surface area is 220 Å². The van der Waals surface area contributed by atoms with Gasteiger partial charge in [0.1, 0.15) is 6.07 Å². The second-order valence-electron chi connectivity index (χ2n) is 14.3. The maximum absolute atomic E-state index is 14.4. The number of hydrogen-bond acceptors (Lipinski definition) is 6. The van der Waals surface area contributed by atoms with Crippen LogP contribution in [-0.2, 0) is 15.0 Å². The fourth-order valence-electron chi connectivity index (χ4n) is 10.0. The van der Waals surface area contributed by atoms with E-state index in [1.807, 2.05) is 19.1 Å². The van der Waals surface area contributed by atoms with Gasteiger partial charge in [-0.15, -0.1) is 10.2 Å². The summed E-state index contributed by atoms with van der Waals surface area (Å²) >= 11 is 0. The number of carbonyl (C=O) groups is 2. The molecule has 6 heteroatoms. The molecule has 1 heterocycles. The molecule has 3 saturated carbocycles. The summed E-state index contributed by atoms with van der Waals surface area (Å²) in [4.78, 5) is 27.3. The minimum atomic E-state index is -0.470. The summed E-state index contributed by atoms with van der Waals surface area (Å²) in [7, 11) is 0. The molecule has 0 amide bonds. The fraction of sp³-hybridized carbons (Fsp3) is 0.710. The second-order valence-corrected chi connectivity index (χ2v) is 14.3. The highest BCUT2D eigenvalue weighted by atomic mass is 16.4. The number of ketones is 2. The first-order valence-electron chi connectivity index (χ1n) is 14.0. The van der Waals surface area contributed by atoms with Gasteiger partial charge in [-0.3, -0.25) is 9.59 Å². The summed E-state index contributed by atoms with van der Waals surface area (Å²) in [6, 6.07) is 2.17. The van der Waals surface area contributed by atoms with Crippen LogP contribution in [0.1, 0.15) is 92.4 Å². The molecule has 0 aliphatic heterocycles. The van der Waals surface area contributed by atoms with Crippen LogP contribution in [-0.4, -0.2) is 21.8 Å². The summed E-state index contributed by atoms with van der Waals surface area (Å²) in [5, 5.41) is 18.3. The number of Topliss-reactive ketones (excluding diaryl/α,β-unsaturated/α-hetero) is 1. The number of nitrogens with zero attached hydrogens (tertiary/aromatic N) is 3. The Kier molecular flexibility index (Phi) is 5.03. The Morgan fingerprint density at radius 1 is 1.03 bits per heavy atom. The number of aromatic nitrogens is 2. The minimum absolute atomic E-state index is 0.0492. The first-order chi connectivity index (χ1) is 17.3. The quantitative estimate of drug-likeness (QED) is 0.458. The van der Waals surface area contributed by atoms with E-state index in [1.54, 1.807) is 0 Å². The molecule has 1 aromatic rings. The molecule has 37 heavy (non-hydrogen) atoms. The van der Waals surface area contributed by atoms with Crippen LogP contribution in [0.3, 0.4) is 0 Å². The highest BCUT2D eigenvalue weighted by Gasteiger charge is 2.69.